The van der Waals surface area contributed by atoms with Gasteiger partial charge in [0.2, 0.25) is 0 Å². The number of nitrogens with one attached hydrogen (secondary N) is 1. The predicted octanol–water partition coefficient (Wildman–Crippen LogP) is 0.913. The van der Waals surface area contributed by atoms with Gasteiger partial charge in [-0.3, -0.25) is 19.7 Å². The molecule has 0 heterocycles. The van der Waals surface area contributed by atoms with Crippen LogP contribution in [0.15, 0.2) is 29.4 Å². The van der Waals surface area contributed by atoms with Crippen molar-refractivity contribution in [2.75, 3.05) is 13.1 Å². The summed E-state index contributed by atoms with van der Waals surface area (Å²) in [6.07, 6.45) is 1.13. The second-order valence-corrected chi connectivity index (χ2v) is 3.99. The molecule has 2 amide bonds. The summed E-state index contributed by atoms with van der Waals surface area (Å²) < 4.78 is 0. The van der Waals surface area contributed by atoms with Gasteiger partial charge >= 0.3 is 11.8 Å². The summed E-state index contributed by atoms with van der Waals surface area (Å²) in [5, 5.41) is 14.4. The molecule has 1 aromatic rings. The highest BCUT2D eigenvalue weighted by atomic mass is 16.6. The van der Waals surface area contributed by atoms with Crippen LogP contribution in [0.3, 0.4) is 0 Å². The Kier molecular flexibility index (Phi) is 5.99. The van der Waals surface area contributed by atoms with Crippen LogP contribution in [0.25, 0.3) is 0 Å². The van der Waals surface area contributed by atoms with E-state index in [-0.39, 0.29) is 11.3 Å². The maximum absolute atomic E-state index is 11.7. The lowest BCUT2D eigenvalue weighted by molar-refractivity contribution is -0.385. The molecule has 1 rings (SSSR count). The molecule has 0 aliphatic rings. The molecule has 1 aromatic carbocycles. The van der Waals surface area contributed by atoms with Gasteiger partial charge in [0.1, 0.15) is 0 Å². The Morgan fingerprint density at radius 2 is 1.95 bits per heavy atom. The maximum atomic E-state index is 11.7. The first kappa shape index (κ1) is 16.3. The second kappa shape index (κ2) is 7.73. The number of nitrogens with zero attached hydrogens (tertiary/aromatic N) is 3. The molecule has 0 bridgehead atoms. The molecule has 8 nitrogen and oxygen atoms in total. The molecule has 0 saturated carbocycles. The fourth-order valence-corrected chi connectivity index (χ4v) is 1.63. The number of hydrogen-bond donors (Lipinski definition) is 1. The third-order valence-electron chi connectivity index (χ3n) is 2.75. The minimum Gasteiger partial charge on any atom is -0.335 e. The molecule has 0 atom stereocenters. The number of para-hydroxylation sites is 1. The van der Waals surface area contributed by atoms with E-state index >= 15 is 0 Å². The van der Waals surface area contributed by atoms with Crippen LogP contribution in [-0.2, 0) is 9.59 Å². The smallest absolute Gasteiger partial charge is 0.329 e. The third kappa shape index (κ3) is 4.37. The number of carbonyl (C=O) groups is 2. The molecule has 0 aromatic heterocycles. The minimum atomic E-state index is -0.881. The van der Waals surface area contributed by atoms with Gasteiger partial charge < -0.3 is 4.90 Å². The molecule has 21 heavy (non-hydrogen) atoms. The fourth-order valence-electron chi connectivity index (χ4n) is 1.63. The van der Waals surface area contributed by atoms with Gasteiger partial charge in [-0.15, -0.1) is 0 Å². The van der Waals surface area contributed by atoms with Crippen molar-refractivity contribution in [1.82, 2.24) is 10.3 Å². The first-order valence-electron chi connectivity index (χ1n) is 6.37. The van der Waals surface area contributed by atoms with Gasteiger partial charge in [-0.2, -0.15) is 5.10 Å². The normalized spacial score (nSPS) is 10.4. The lowest BCUT2D eigenvalue weighted by atomic mass is 10.2. The number of hydrazone groups is 1. The standard InChI is InChI=1S/C13H16N4O4/c1-3-16(4-2)13(19)12(18)15-14-9-10-7-5-6-8-11(10)17(20)21/h5-9H,3-4H2,1-2H3,(H,15,18)/b14-9+. The zero-order valence-electron chi connectivity index (χ0n) is 11.8. The van der Waals surface area contributed by atoms with Crippen molar-refractivity contribution in [2.24, 2.45) is 5.10 Å². The SMILES string of the molecule is CCN(CC)C(=O)C(=O)N/N=C/c1ccccc1[N+](=O)[O-]. The highest BCUT2D eigenvalue weighted by Crippen LogP contribution is 2.14. The Morgan fingerprint density at radius 3 is 2.52 bits per heavy atom. The Labute approximate surface area is 121 Å². The second-order valence-electron chi connectivity index (χ2n) is 3.99. The van der Waals surface area contributed by atoms with Gasteiger partial charge in [0.15, 0.2) is 0 Å². The van der Waals surface area contributed by atoms with E-state index in [0.29, 0.717) is 13.1 Å². The van der Waals surface area contributed by atoms with E-state index in [2.05, 4.69) is 10.5 Å². The Hall–Kier alpha value is -2.77. The van der Waals surface area contributed by atoms with Gasteiger partial charge in [-0.25, -0.2) is 5.43 Å². The molecular formula is C13H16N4O4. The Morgan fingerprint density at radius 1 is 1.33 bits per heavy atom. The van der Waals surface area contributed by atoms with Crippen LogP contribution in [-0.4, -0.2) is 40.9 Å². The van der Waals surface area contributed by atoms with Crippen LogP contribution in [0, 0.1) is 10.1 Å². The quantitative estimate of drug-likeness (QED) is 0.377. The zero-order valence-corrected chi connectivity index (χ0v) is 11.8. The summed E-state index contributed by atoms with van der Waals surface area (Å²) in [6.45, 7) is 4.34. The number of likely N-dealkylation sites (N-methyl/N-ethyl adjacent to an activating group) is 1. The van der Waals surface area contributed by atoms with E-state index in [1.54, 1.807) is 19.9 Å². The van der Waals surface area contributed by atoms with E-state index in [9.17, 15) is 19.7 Å². The van der Waals surface area contributed by atoms with E-state index in [1.807, 2.05) is 0 Å². The van der Waals surface area contributed by atoms with Crippen LogP contribution < -0.4 is 5.43 Å². The summed E-state index contributed by atoms with van der Waals surface area (Å²) in [7, 11) is 0. The summed E-state index contributed by atoms with van der Waals surface area (Å²) >= 11 is 0. The number of hydrogen-bond acceptors (Lipinski definition) is 5. The van der Waals surface area contributed by atoms with Gasteiger partial charge in [-0.1, -0.05) is 12.1 Å². The highest BCUT2D eigenvalue weighted by Gasteiger charge is 2.18. The molecular weight excluding hydrogens is 276 g/mol. The number of rotatable bonds is 5. The van der Waals surface area contributed by atoms with Crippen LogP contribution >= 0.6 is 0 Å². The fraction of sp³-hybridized carbons (Fsp3) is 0.308. The number of benzene rings is 1. The molecule has 8 heteroatoms. The first-order chi connectivity index (χ1) is 10.0. The van der Waals surface area contributed by atoms with Crippen molar-refractivity contribution in [3.8, 4) is 0 Å². The van der Waals surface area contributed by atoms with E-state index in [0.717, 1.165) is 6.21 Å². The third-order valence-corrected chi connectivity index (χ3v) is 2.75. The number of amides is 2. The molecule has 112 valence electrons. The maximum Gasteiger partial charge on any atom is 0.329 e. The van der Waals surface area contributed by atoms with Gasteiger partial charge in [-0.05, 0) is 19.9 Å². The zero-order chi connectivity index (χ0) is 15.8. The number of nitro benzene ring substituents is 1. The molecule has 0 spiro atoms. The van der Waals surface area contributed by atoms with E-state index in [4.69, 9.17) is 0 Å². The molecule has 0 aliphatic heterocycles. The molecule has 0 radical (unpaired) electrons. The van der Waals surface area contributed by atoms with Crippen LogP contribution in [0.1, 0.15) is 19.4 Å². The molecule has 0 fully saturated rings. The molecule has 0 aliphatic carbocycles. The lowest BCUT2D eigenvalue weighted by Crippen LogP contribution is -2.41. The van der Waals surface area contributed by atoms with E-state index in [1.165, 1.54) is 23.1 Å². The van der Waals surface area contributed by atoms with Crippen molar-refractivity contribution >= 4 is 23.7 Å². The topological polar surface area (TPSA) is 105 Å². The molecule has 0 unspecified atom stereocenters. The van der Waals surface area contributed by atoms with Crippen LogP contribution in [0.4, 0.5) is 5.69 Å². The first-order valence-corrected chi connectivity index (χ1v) is 6.37. The highest BCUT2D eigenvalue weighted by molar-refractivity contribution is 6.34. The summed E-state index contributed by atoms with van der Waals surface area (Å²) in [5.74, 6) is -1.58. The van der Waals surface area contributed by atoms with Crippen LogP contribution in [0.2, 0.25) is 0 Å². The Bertz CT molecular complexity index is 567. The van der Waals surface area contributed by atoms with Gasteiger partial charge in [0.05, 0.1) is 16.7 Å². The summed E-state index contributed by atoms with van der Waals surface area (Å²) in [5.41, 5.74) is 2.16. The van der Waals surface area contributed by atoms with Crippen molar-refractivity contribution in [3.05, 3.63) is 39.9 Å². The molecule has 0 saturated heterocycles. The lowest BCUT2D eigenvalue weighted by Gasteiger charge is -2.16. The van der Waals surface area contributed by atoms with Gasteiger partial charge in [0.25, 0.3) is 5.69 Å². The number of carbonyl (C=O) groups excluding carboxylic acids is 2. The largest absolute Gasteiger partial charge is 0.335 e. The predicted molar refractivity (Wildman–Crippen MR) is 76.8 cm³/mol. The average molecular weight is 292 g/mol. The summed E-state index contributed by atoms with van der Waals surface area (Å²) in [4.78, 5) is 34.8. The Balaban J connectivity index is 2.73. The van der Waals surface area contributed by atoms with Crippen molar-refractivity contribution in [2.45, 2.75) is 13.8 Å². The minimum absolute atomic E-state index is 0.134. The van der Waals surface area contributed by atoms with Crippen molar-refractivity contribution < 1.29 is 14.5 Å². The molecule has 1 N–H and O–H groups in total. The van der Waals surface area contributed by atoms with Crippen molar-refractivity contribution in [1.29, 1.82) is 0 Å². The van der Waals surface area contributed by atoms with E-state index < -0.39 is 16.7 Å². The number of nitro groups is 1. The summed E-state index contributed by atoms with van der Waals surface area (Å²) in [6, 6.07) is 5.94. The van der Waals surface area contributed by atoms with Crippen molar-refractivity contribution in [3.63, 3.8) is 0 Å². The average Bonchev–Trinajstić information content (AvgIpc) is 2.48. The van der Waals surface area contributed by atoms with Gasteiger partial charge in [0, 0.05) is 19.2 Å². The van der Waals surface area contributed by atoms with Crippen LogP contribution in [0.5, 0.6) is 0 Å². The monoisotopic (exact) mass is 292 g/mol.